The molecule has 4 heteroatoms. The molecule has 2 rings (SSSR count). The number of anilines is 1. The second kappa shape index (κ2) is 4.41. The van der Waals surface area contributed by atoms with Gasteiger partial charge in [-0.2, -0.15) is 0 Å². The molecular formula is C13H15N3O. The second-order valence-corrected chi connectivity index (χ2v) is 4.13. The predicted molar refractivity (Wildman–Crippen MR) is 68.0 cm³/mol. The molecule has 0 aliphatic rings. The Morgan fingerprint density at radius 3 is 2.65 bits per heavy atom. The molecule has 0 radical (unpaired) electrons. The standard InChI is InChI=1S/C13H15N3O/c1-8-5-3-4-6-10(8)7-11-15-12(14)9(2)13(17)16-11/h3-6H,7H2,1-2H3,(H3,14,15,16,17). The minimum Gasteiger partial charge on any atom is -0.383 e. The molecule has 1 aromatic heterocycles. The maximum atomic E-state index is 11.6. The largest absolute Gasteiger partial charge is 0.383 e. The number of aromatic amines is 1. The van der Waals surface area contributed by atoms with E-state index < -0.39 is 0 Å². The van der Waals surface area contributed by atoms with Gasteiger partial charge in [-0.05, 0) is 25.0 Å². The Balaban J connectivity index is 2.38. The molecular weight excluding hydrogens is 214 g/mol. The van der Waals surface area contributed by atoms with Gasteiger partial charge in [-0.15, -0.1) is 0 Å². The Morgan fingerprint density at radius 2 is 2.00 bits per heavy atom. The van der Waals surface area contributed by atoms with E-state index in [1.807, 2.05) is 31.2 Å². The van der Waals surface area contributed by atoms with Gasteiger partial charge in [0.25, 0.3) is 5.56 Å². The number of hydrogen-bond donors (Lipinski definition) is 2. The van der Waals surface area contributed by atoms with Gasteiger partial charge in [0.05, 0.1) is 5.56 Å². The maximum Gasteiger partial charge on any atom is 0.255 e. The number of nitrogen functional groups attached to an aromatic ring is 1. The first-order chi connectivity index (χ1) is 8.08. The number of nitrogens with zero attached hydrogens (tertiary/aromatic N) is 1. The molecule has 3 N–H and O–H groups in total. The van der Waals surface area contributed by atoms with Gasteiger partial charge in [0.1, 0.15) is 11.6 Å². The SMILES string of the molecule is Cc1ccccc1Cc1nc(N)c(C)c(=O)[nH]1. The van der Waals surface area contributed by atoms with Crippen LogP contribution >= 0.6 is 0 Å². The number of hydrogen-bond acceptors (Lipinski definition) is 3. The minimum absolute atomic E-state index is 0.166. The van der Waals surface area contributed by atoms with Gasteiger partial charge < -0.3 is 10.7 Å². The van der Waals surface area contributed by atoms with Crippen molar-refractivity contribution < 1.29 is 0 Å². The highest BCUT2D eigenvalue weighted by Gasteiger charge is 2.06. The average Bonchev–Trinajstić information content (AvgIpc) is 2.29. The van der Waals surface area contributed by atoms with Gasteiger partial charge in [-0.1, -0.05) is 24.3 Å². The lowest BCUT2D eigenvalue weighted by atomic mass is 10.1. The van der Waals surface area contributed by atoms with Crippen LogP contribution in [0.2, 0.25) is 0 Å². The molecule has 2 aromatic rings. The zero-order valence-corrected chi connectivity index (χ0v) is 9.95. The molecule has 0 aliphatic carbocycles. The summed E-state index contributed by atoms with van der Waals surface area (Å²) in [5.41, 5.74) is 8.30. The van der Waals surface area contributed by atoms with Gasteiger partial charge in [-0.3, -0.25) is 4.79 Å². The van der Waals surface area contributed by atoms with Crippen LogP contribution in [0.5, 0.6) is 0 Å². The number of rotatable bonds is 2. The Kier molecular flexibility index (Phi) is 2.95. The van der Waals surface area contributed by atoms with Gasteiger partial charge >= 0.3 is 0 Å². The number of H-pyrrole nitrogens is 1. The summed E-state index contributed by atoms with van der Waals surface area (Å²) in [6.45, 7) is 3.70. The lowest BCUT2D eigenvalue weighted by Gasteiger charge is -2.06. The number of benzene rings is 1. The lowest BCUT2D eigenvalue weighted by Crippen LogP contribution is -2.17. The van der Waals surface area contributed by atoms with Gasteiger partial charge in [0, 0.05) is 6.42 Å². The highest BCUT2D eigenvalue weighted by molar-refractivity contribution is 5.37. The highest BCUT2D eigenvalue weighted by Crippen LogP contribution is 2.11. The van der Waals surface area contributed by atoms with Crippen molar-refractivity contribution in [1.82, 2.24) is 9.97 Å². The molecule has 1 aromatic carbocycles. The van der Waals surface area contributed by atoms with Gasteiger partial charge in [-0.25, -0.2) is 4.98 Å². The van der Waals surface area contributed by atoms with Crippen molar-refractivity contribution in [3.05, 3.63) is 57.1 Å². The molecule has 0 bridgehead atoms. The fraction of sp³-hybridized carbons (Fsp3) is 0.231. The third kappa shape index (κ3) is 2.36. The minimum atomic E-state index is -0.166. The summed E-state index contributed by atoms with van der Waals surface area (Å²) in [7, 11) is 0. The number of nitrogens with one attached hydrogen (secondary N) is 1. The zero-order chi connectivity index (χ0) is 12.4. The van der Waals surface area contributed by atoms with Crippen molar-refractivity contribution in [2.45, 2.75) is 20.3 Å². The average molecular weight is 229 g/mol. The lowest BCUT2D eigenvalue weighted by molar-refractivity contribution is 0.932. The monoisotopic (exact) mass is 229 g/mol. The third-order valence-corrected chi connectivity index (χ3v) is 2.86. The second-order valence-electron chi connectivity index (χ2n) is 4.13. The first kappa shape index (κ1) is 11.4. The fourth-order valence-electron chi connectivity index (χ4n) is 1.67. The van der Waals surface area contributed by atoms with Crippen LogP contribution in [0, 0.1) is 13.8 Å². The van der Waals surface area contributed by atoms with E-state index >= 15 is 0 Å². The van der Waals surface area contributed by atoms with Crippen LogP contribution in [0.25, 0.3) is 0 Å². The summed E-state index contributed by atoms with van der Waals surface area (Å²) in [5.74, 6) is 0.907. The van der Waals surface area contributed by atoms with Crippen LogP contribution in [0.4, 0.5) is 5.82 Å². The molecule has 0 amide bonds. The zero-order valence-electron chi connectivity index (χ0n) is 9.95. The van der Waals surface area contributed by atoms with Gasteiger partial charge in [0.2, 0.25) is 0 Å². The highest BCUT2D eigenvalue weighted by atomic mass is 16.1. The summed E-state index contributed by atoms with van der Waals surface area (Å²) in [5, 5.41) is 0. The van der Waals surface area contributed by atoms with E-state index in [-0.39, 0.29) is 5.56 Å². The van der Waals surface area contributed by atoms with Crippen molar-refractivity contribution in [2.24, 2.45) is 0 Å². The van der Waals surface area contributed by atoms with Crippen LogP contribution in [0.1, 0.15) is 22.5 Å². The van der Waals surface area contributed by atoms with Crippen LogP contribution in [-0.4, -0.2) is 9.97 Å². The fourth-order valence-corrected chi connectivity index (χ4v) is 1.67. The van der Waals surface area contributed by atoms with E-state index in [0.717, 1.165) is 5.56 Å². The summed E-state index contributed by atoms with van der Waals surface area (Å²) in [6, 6.07) is 8.01. The van der Waals surface area contributed by atoms with Crippen LogP contribution < -0.4 is 11.3 Å². The van der Waals surface area contributed by atoms with E-state index in [1.54, 1.807) is 6.92 Å². The van der Waals surface area contributed by atoms with E-state index in [1.165, 1.54) is 5.56 Å². The molecule has 0 saturated heterocycles. The molecule has 0 spiro atoms. The van der Waals surface area contributed by atoms with Crippen LogP contribution in [-0.2, 0) is 6.42 Å². The topological polar surface area (TPSA) is 71.8 Å². The van der Waals surface area contributed by atoms with E-state index in [9.17, 15) is 4.79 Å². The molecule has 0 atom stereocenters. The van der Waals surface area contributed by atoms with Crippen molar-refractivity contribution >= 4 is 5.82 Å². The molecule has 88 valence electrons. The Labute approximate surface area is 99.5 Å². The molecule has 0 aliphatic heterocycles. The number of aryl methyl sites for hydroxylation is 1. The molecule has 1 heterocycles. The summed E-state index contributed by atoms with van der Waals surface area (Å²) < 4.78 is 0. The Hall–Kier alpha value is -2.10. The quantitative estimate of drug-likeness (QED) is 0.820. The summed E-state index contributed by atoms with van der Waals surface area (Å²) in [6.07, 6.45) is 0.590. The van der Waals surface area contributed by atoms with E-state index in [0.29, 0.717) is 23.6 Å². The smallest absolute Gasteiger partial charge is 0.255 e. The van der Waals surface area contributed by atoms with Crippen molar-refractivity contribution in [1.29, 1.82) is 0 Å². The molecule has 0 fully saturated rings. The predicted octanol–water partition coefficient (Wildman–Crippen LogP) is 1.56. The number of nitrogens with two attached hydrogens (primary N) is 1. The summed E-state index contributed by atoms with van der Waals surface area (Å²) in [4.78, 5) is 18.5. The molecule has 4 nitrogen and oxygen atoms in total. The van der Waals surface area contributed by atoms with E-state index in [2.05, 4.69) is 9.97 Å². The first-order valence-corrected chi connectivity index (χ1v) is 5.47. The van der Waals surface area contributed by atoms with Crippen molar-refractivity contribution in [3.63, 3.8) is 0 Å². The van der Waals surface area contributed by atoms with Crippen LogP contribution in [0.3, 0.4) is 0 Å². The first-order valence-electron chi connectivity index (χ1n) is 5.47. The molecule has 0 saturated carbocycles. The van der Waals surface area contributed by atoms with Crippen LogP contribution in [0.15, 0.2) is 29.1 Å². The number of aromatic nitrogens is 2. The normalized spacial score (nSPS) is 10.5. The van der Waals surface area contributed by atoms with Gasteiger partial charge in [0.15, 0.2) is 0 Å². The van der Waals surface area contributed by atoms with Crippen molar-refractivity contribution in [3.8, 4) is 0 Å². The molecule has 17 heavy (non-hydrogen) atoms. The van der Waals surface area contributed by atoms with Crippen molar-refractivity contribution in [2.75, 3.05) is 5.73 Å². The Bertz CT molecular complexity index is 602. The Morgan fingerprint density at radius 1 is 1.29 bits per heavy atom. The third-order valence-electron chi connectivity index (χ3n) is 2.86. The molecule has 0 unspecified atom stereocenters. The summed E-state index contributed by atoms with van der Waals surface area (Å²) >= 11 is 0. The maximum absolute atomic E-state index is 11.6. The van der Waals surface area contributed by atoms with E-state index in [4.69, 9.17) is 5.73 Å².